The highest BCUT2D eigenvalue weighted by atomic mass is 16.3. The maximum Gasteiger partial charge on any atom is 0.0484 e. The fourth-order valence-electron chi connectivity index (χ4n) is 3.27. The zero-order valence-electron chi connectivity index (χ0n) is 10.2. The summed E-state index contributed by atoms with van der Waals surface area (Å²) >= 11 is 0. The summed E-state index contributed by atoms with van der Waals surface area (Å²) < 4.78 is 0. The number of hydrogen-bond acceptors (Lipinski definition) is 2. The molecule has 1 aliphatic rings. The van der Waals surface area contributed by atoms with Crippen LogP contribution in [0.5, 0.6) is 0 Å². The second-order valence-corrected chi connectivity index (χ2v) is 5.65. The van der Waals surface area contributed by atoms with Crippen molar-refractivity contribution in [1.29, 1.82) is 0 Å². The molecular formula is C13H26O2. The fourth-order valence-corrected chi connectivity index (χ4v) is 3.27. The Labute approximate surface area is 93.7 Å². The van der Waals surface area contributed by atoms with Gasteiger partial charge in [0, 0.05) is 13.2 Å². The molecule has 2 heteroatoms. The summed E-state index contributed by atoms with van der Waals surface area (Å²) in [6.07, 6.45) is 6.93. The lowest BCUT2D eigenvalue weighted by atomic mass is 9.65. The largest absolute Gasteiger partial charge is 0.396 e. The van der Waals surface area contributed by atoms with E-state index in [2.05, 4.69) is 13.8 Å². The van der Waals surface area contributed by atoms with E-state index in [1.807, 2.05) is 0 Å². The molecule has 0 aliphatic heterocycles. The maximum atomic E-state index is 9.46. The van der Waals surface area contributed by atoms with E-state index < -0.39 is 0 Å². The Bertz CT molecular complexity index is 165. The van der Waals surface area contributed by atoms with Crippen molar-refractivity contribution in [2.45, 2.75) is 52.4 Å². The highest BCUT2D eigenvalue weighted by Crippen LogP contribution is 2.44. The molecular weight excluding hydrogens is 188 g/mol. The standard InChI is InChI=1S/C13H26O2/c1-3-4-11-7-12(5-6-14)9-13(2,8-11)10-15/h11-12,14-15H,3-10H2,1-2H3/t11?,12?,13-/m0/s1. The van der Waals surface area contributed by atoms with Crippen molar-refractivity contribution in [2.24, 2.45) is 17.3 Å². The van der Waals surface area contributed by atoms with Crippen molar-refractivity contribution in [1.82, 2.24) is 0 Å². The van der Waals surface area contributed by atoms with Gasteiger partial charge in [-0.15, -0.1) is 0 Å². The molecule has 0 saturated heterocycles. The predicted molar refractivity (Wildman–Crippen MR) is 62.6 cm³/mol. The molecule has 1 rings (SSSR count). The van der Waals surface area contributed by atoms with Gasteiger partial charge in [0.25, 0.3) is 0 Å². The minimum atomic E-state index is 0.109. The van der Waals surface area contributed by atoms with Gasteiger partial charge in [0.2, 0.25) is 0 Å². The molecule has 2 unspecified atom stereocenters. The van der Waals surface area contributed by atoms with Crippen molar-refractivity contribution in [3.05, 3.63) is 0 Å². The smallest absolute Gasteiger partial charge is 0.0484 e. The van der Waals surface area contributed by atoms with Gasteiger partial charge in [-0.1, -0.05) is 26.7 Å². The van der Waals surface area contributed by atoms with Crippen LogP contribution in [0.15, 0.2) is 0 Å². The van der Waals surface area contributed by atoms with E-state index in [1.54, 1.807) is 0 Å². The summed E-state index contributed by atoms with van der Waals surface area (Å²) in [7, 11) is 0. The van der Waals surface area contributed by atoms with Crippen LogP contribution in [0.4, 0.5) is 0 Å². The van der Waals surface area contributed by atoms with Gasteiger partial charge in [0.1, 0.15) is 0 Å². The Hall–Kier alpha value is -0.0800. The first-order chi connectivity index (χ1) is 7.13. The first kappa shape index (κ1) is 13.0. The average molecular weight is 214 g/mol. The molecule has 15 heavy (non-hydrogen) atoms. The van der Waals surface area contributed by atoms with E-state index in [-0.39, 0.29) is 5.41 Å². The summed E-state index contributed by atoms with van der Waals surface area (Å²) in [5.41, 5.74) is 0.109. The van der Waals surface area contributed by atoms with Gasteiger partial charge in [-0.05, 0) is 42.9 Å². The predicted octanol–water partition coefficient (Wildman–Crippen LogP) is 2.58. The number of aliphatic hydroxyl groups excluding tert-OH is 2. The molecule has 0 amide bonds. The van der Waals surface area contributed by atoms with Crippen LogP contribution in [0, 0.1) is 17.3 Å². The topological polar surface area (TPSA) is 40.5 Å². The SMILES string of the molecule is CCCC1CC(CCO)C[C@@](C)(CO)C1. The fraction of sp³-hybridized carbons (Fsp3) is 1.00. The number of hydrogen-bond donors (Lipinski definition) is 2. The van der Waals surface area contributed by atoms with E-state index in [0.717, 1.165) is 18.8 Å². The molecule has 90 valence electrons. The second kappa shape index (κ2) is 5.86. The number of aliphatic hydroxyl groups is 2. The lowest BCUT2D eigenvalue weighted by Crippen LogP contribution is -2.34. The van der Waals surface area contributed by atoms with Gasteiger partial charge in [-0.3, -0.25) is 0 Å². The van der Waals surface area contributed by atoms with Crippen LogP contribution in [-0.4, -0.2) is 23.4 Å². The van der Waals surface area contributed by atoms with Crippen molar-refractivity contribution < 1.29 is 10.2 Å². The van der Waals surface area contributed by atoms with Gasteiger partial charge in [-0.25, -0.2) is 0 Å². The molecule has 1 saturated carbocycles. The third kappa shape index (κ3) is 3.76. The molecule has 3 atom stereocenters. The van der Waals surface area contributed by atoms with Crippen molar-refractivity contribution >= 4 is 0 Å². The van der Waals surface area contributed by atoms with E-state index in [1.165, 1.54) is 25.7 Å². The normalized spacial score (nSPS) is 36.8. The first-order valence-corrected chi connectivity index (χ1v) is 6.35. The molecule has 2 N–H and O–H groups in total. The number of rotatable bonds is 5. The highest BCUT2D eigenvalue weighted by molar-refractivity contribution is 4.86. The van der Waals surface area contributed by atoms with Crippen LogP contribution in [0.3, 0.4) is 0 Å². The Morgan fingerprint density at radius 2 is 1.73 bits per heavy atom. The van der Waals surface area contributed by atoms with Crippen LogP contribution in [-0.2, 0) is 0 Å². The van der Waals surface area contributed by atoms with Gasteiger partial charge in [0.05, 0.1) is 0 Å². The van der Waals surface area contributed by atoms with Gasteiger partial charge in [-0.2, -0.15) is 0 Å². The van der Waals surface area contributed by atoms with Gasteiger partial charge < -0.3 is 10.2 Å². The third-order valence-corrected chi connectivity index (χ3v) is 3.85. The van der Waals surface area contributed by atoms with Crippen molar-refractivity contribution in [2.75, 3.05) is 13.2 Å². The molecule has 2 nitrogen and oxygen atoms in total. The lowest BCUT2D eigenvalue weighted by molar-refractivity contribution is 0.0334. The van der Waals surface area contributed by atoms with Crippen LogP contribution in [0.1, 0.15) is 52.4 Å². The lowest BCUT2D eigenvalue weighted by Gasteiger charge is -2.41. The first-order valence-electron chi connectivity index (χ1n) is 6.35. The van der Waals surface area contributed by atoms with E-state index in [4.69, 9.17) is 5.11 Å². The molecule has 0 bridgehead atoms. The summed E-state index contributed by atoms with van der Waals surface area (Å²) in [5, 5.41) is 18.5. The van der Waals surface area contributed by atoms with Crippen LogP contribution in [0.25, 0.3) is 0 Å². The second-order valence-electron chi connectivity index (χ2n) is 5.65. The van der Waals surface area contributed by atoms with Crippen LogP contribution < -0.4 is 0 Å². The molecule has 0 aromatic carbocycles. The maximum absolute atomic E-state index is 9.46. The molecule has 0 aromatic heterocycles. The summed E-state index contributed by atoms with van der Waals surface area (Å²) in [6, 6.07) is 0. The van der Waals surface area contributed by atoms with E-state index in [9.17, 15) is 5.11 Å². The van der Waals surface area contributed by atoms with Crippen LogP contribution >= 0.6 is 0 Å². The summed E-state index contributed by atoms with van der Waals surface area (Å²) in [6.45, 7) is 5.02. The molecule has 0 spiro atoms. The monoisotopic (exact) mass is 214 g/mol. The van der Waals surface area contributed by atoms with Gasteiger partial charge in [0.15, 0.2) is 0 Å². The van der Waals surface area contributed by atoms with E-state index >= 15 is 0 Å². The van der Waals surface area contributed by atoms with Crippen molar-refractivity contribution in [3.63, 3.8) is 0 Å². The zero-order valence-corrected chi connectivity index (χ0v) is 10.2. The van der Waals surface area contributed by atoms with Gasteiger partial charge >= 0.3 is 0 Å². The van der Waals surface area contributed by atoms with Crippen molar-refractivity contribution in [3.8, 4) is 0 Å². The van der Waals surface area contributed by atoms with Crippen LogP contribution in [0.2, 0.25) is 0 Å². The Balaban J connectivity index is 2.55. The molecule has 1 aliphatic carbocycles. The minimum absolute atomic E-state index is 0.109. The zero-order chi connectivity index (χ0) is 11.3. The highest BCUT2D eigenvalue weighted by Gasteiger charge is 2.35. The summed E-state index contributed by atoms with van der Waals surface area (Å²) in [4.78, 5) is 0. The molecule has 1 fully saturated rings. The van der Waals surface area contributed by atoms with E-state index in [0.29, 0.717) is 19.1 Å². The molecule has 0 radical (unpaired) electrons. The molecule has 0 aromatic rings. The third-order valence-electron chi connectivity index (χ3n) is 3.85. The summed E-state index contributed by atoms with van der Waals surface area (Å²) in [5.74, 6) is 1.38. The minimum Gasteiger partial charge on any atom is -0.396 e. The average Bonchev–Trinajstić information content (AvgIpc) is 2.18. The Kier molecular flexibility index (Phi) is 5.07. The Morgan fingerprint density at radius 1 is 1.13 bits per heavy atom. The quantitative estimate of drug-likeness (QED) is 0.738. The Morgan fingerprint density at radius 3 is 2.20 bits per heavy atom. The molecule has 0 heterocycles.